The van der Waals surface area contributed by atoms with Crippen LogP contribution in [0.3, 0.4) is 0 Å². The molecule has 0 saturated carbocycles. The Morgan fingerprint density at radius 2 is 1.06 bits per heavy atom. The highest BCUT2D eigenvalue weighted by molar-refractivity contribution is 8.01. The van der Waals surface area contributed by atoms with E-state index in [0.717, 1.165) is 28.1 Å². The van der Waals surface area contributed by atoms with Crippen LogP contribution in [0, 0.1) is 13.8 Å². The standard InChI is InChI=1S/C44H51N3S2/c1-10-11-12-13-14-31-17-21-33(22-18-31)44(37-27-29(2)15-25-35(37)36-26-16-30(3)28-38(36)44)34-23-19-32(20-24-34)39-45-40(48-42(4,5)6)47-41(46-39)49-43(7,8)9/h15-28H,10-14H2,1-9H3. The van der Waals surface area contributed by atoms with Gasteiger partial charge < -0.3 is 0 Å². The van der Waals surface area contributed by atoms with Gasteiger partial charge in [0, 0.05) is 15.1 Å². The van der Waals surface area contributed by atoms with E-state index in [-0.39, 0.29) is 9.49 Å². The summed E-state index contributed by atoms with van der Waals surface area (Å²) in [6.07, 6.45) is 6.24. The molecular formula is C44H51N3S2. The number of nitrogens with zero attached hydrogens (tertiary/aromatic N) is 3. The van der Waals surface area contributed by atoms with Crippen molar-refractivity contribution in [3.8, 4) is 22.5 Å². The van der Waals surface area contributed by atoms with Gasteiger partial charge in [-0.2, -0.15) is 4.98 Å². The van der Waals surface area contributed by atoms with Gasteiger partial charge in [-0.1, -0.05) is 187 Å². The highest BCUT2D eigenvalue weighted by Crippen LogP contribution is 2.56. The van der Waals surface area contributed by atoms with Crippen LogP contribution in [0.15, 0.2) is 95.2 Å². The molecule has 0 bridgehead atoms. The predicted octanol–water partition coefficient (Wildman–Crippen LogP) is 12.4. The first-order chi connectivity index (χ1) is 23.3. The van der Waals surface area contributed by atoms with E-state index in [1.54, 1.807) is 23.5 Å². The third-order valence-electron chi connectivity index (χ3n) is 9.12. The maximum absolute atomic E-state index is 4.99. The minimum absolute atomic E-state index is 0.0108. The quantitative estimate of drug-likeness (QED) is 0.106. The van der Waals surface area contributed by atoms with Crippen LogP contribution in [0.25, 0.3) is 22.5 Å². The fourth-order valence-electron chi connectivity index (χ4n) is 6.99. The molecule has 0 fully saturated rings. The van der Waals surface area contributed by atoms with Gasteiger partial charge >= 0.3 is 0 Å². The Morgan fingerprint density at radius 3 is 1.53 bits per heavy atom. The van der Waals surface area contributed by atoms with E-state index in [4.69, 9.17) is 15.0 Å². The Morgan fingerprint density at radius 1 is 0.571 bits per heavy atom. The molecule has 6 rings (SSSR count). The van der Waals surface area contributed by atoms with Crippen LogP contribution in [0.5, 0.6) is 0 Å². The lowest BCUT2D eigenvalue weighted by Gasteiger charge is -2.34. The molecule has 0 aliphatic heterocycles. The Labute approximate surface area is 303 Å². The first-order valence-electron chi connectivity index (χ1n) is 17.8. The van der Waals surface area contributed by atoms with Crippen molar-refractivity contribution in [2.75, 3.05) is 0 Å². The smallest absolute Gasteiger partial charge is 0.192 e. The molecule has 49 heavy (non-hydrogen) atoms. The van der Waals surface area contributed by atoms with Crippen LogP contribution in [0.1, 0.15) is 113 Å². The van der Waals surface area contributed by atoms with E-state index < -0.39 is 5.41 Å². The molecule has 0 spiro atoms. The van der Waals surface area contributed by atoms with Gasteiger partial charge in [-0.05, 0) is 65.6 Å². The van der Waals surface area contributed by atoms with Crippen molar-refractivity contribution in [2.45, 2.75) is 120 Å². The van der Waals surface area contributed by atoms with Gasteiger partial charge in [0.05, 0.1) is 5.41 Å². The summed E-state index contributed by atoms with van der Waals surface area (Å²) >= 11 is 3.38. The van der Waals surface area contributed by atoms with Crippen molar-refractivity contribution in [3.05, 3.63) is 124 Å². The van der Waals surface area contributed by atoms with Gasteiger partial charge in [-0.3, -0.25) is 0 Å². The predicted molar refractivity (Wildman–Crippen MR) is 211 cm³/mol. The van der Waals surface area contributed by atoms with Crippen molar-refractivity contribution >= 4 is 23.5 Å². The van der Waals surface area contributed by atoms with Crippen molar-refractivity contribution in [2.24, 2.45) is 0 Å². The summed E-state index contributed by atoms with van der Waals surface area (Å²) in [4.78, 5) is 14.8. The molecule has 0 radical (unpaired) electrons. The van der Waals surface area contributed by atoms with Crippen LogP contribution >= 0.6 is 23.5 Å². The summed E-state index contributed by atoms with van der Waals surface area (Å²) in [6.45, 7) is 19.9. The van der Waals surface area contributed by atoms with Crippen LogP contribution in [0.2, 0.25) is 0 Å². The fourth-order valence-corrected chi connectivity index (χ4v) is 8.67. The molecule has 1 aliphatic carbocycles. The minimum atomic E-state index is -0.443. The molecule has 1 aliphatic rings. The molecule has 0 amide bonds. The second kappa shape index (κ2) is 14.1. The number of thioether (sulfide) groups is 2. The lowest BCUT2D eigenvalue weighted by molar-refractivity contribution is 0.666. The molecule has 0 atom stereocenters. The largest absolute Gasteiger partial charge is 0.202 e. The first-order valence-corrected chi connectivity index (χ1v) is 19.5. The van der Waals surface area contributed by atoms with Crippen molar-refractivity contribution in [1.82, 2.24) is 15.0 Å². The Balaban J connectivity index is 1.50. The first kappa shape index (κ1) is 35.4. The molecule has 0 N–H and O–H groups in total. The van der Waals surface area contributed by atoms with Gasteiger partial charge in [-0.25, -0.2) is 9.97 Å². The van der Waals surface area contributed by atoms with Gasteiger partial charge in [0.1, 0.15) is 0 Å². The molecule has 1 heterocycles. The average molecular weight is 686 g/mol. The van der Waals surface area contributed by atoms with E-state index in [0.29, 0.717) is 0 Å². The molecule has 3 nitrogen and oxygen atoms in total. The van der Waals surface area contributed by atoms with Crippen molar-refractivity contribution < 1.29 is 0 Å². The van der Waals surface area contributed by atoms with Crippen LogP contribution in [-0.4, -0.2) is 24.4 Å². The monoisotopic (exact) mass is 685 g/mol. The van der Waals surface area contributed by atoms with Gasteiger partial charge in [-0.15, -0.1) is 0 Å². The molecule has 5 heteroatoms. The van der Waals surface area contributed by atoms with E-state index in [1.807, 2.05) is 0 Å². The zero-order valence-corrected chi connectivity index (χ0v) is 32.4. The highest BCUT2D eigenvalue weighted by Gasteiger charge is 2.46. The number of fused-ring (bicyclic) bond motifs is 3. The fraction of sp³-hybridized carbons (Fsp3) is 0.386. The maximum atomic E-state index is 4.99. The topological polar surface area (TPSA) is 38.7 Å². The summed E-state index contributed by atoms with van der Waals surface area (Å²) in [5.41, 5.74) is 12.4. The zero-order valence-electron chi connectivity index (χ0n) is 30.8. The van der Waals surface area contributed by atoms with E-state index in [2.05, 4.69) is 147 Å². The normalized spacial score (nSPS) is 13.7. The molecular weight excluding hydrogens is 635 g/mol. The summed E-state index contributed by atoms with van der Waals surface area (Å²) in [5, 5.41) is 1.54. The highest BCUT2D eigenvalue weighted by atomic mass is 32.2. The number of aromatic nitrogens is 3. The summed E-state index contributed by atoms with van der Waals surface area (Å²) in [5.74, 6) is 0.723. The Kier molecular flexibility index (Phi) is 10.2. The molecule has 5 aromatic rings. The molecule has 254 valence electrons. The third kappa shape index (κ3) is 7.68. The number of unbranched alkanes of at least 4 members (excludes halogenated alkanes) is 3. The minimum Gasteiger partial charge on any atom is -0.202 e. The zero-order chi connectivity index (χ0) is 35.0. The number of hydrogen-bond acceptors (Lipinski definition) is 5. The second-order valence-electron chi connectivity index (χ2n) is 15.6. The lowest BCUT2D eigenvalue weighted by Crippen LogP contribution is -2.28. The number of hydrogen-bond donors (Lipinski definition) is 0. The Hall–Kier alpha value is -3.41. The second-order valence-corrected chi connectivity index (χ2v) is 19.2. The number of rotatable bonds is 10. The molecule has 1 aromatic heterocycles. The summed E-state index contributed by atoms with van der Waals surface area (Å²) in [6, 6.07) is 32.6. The molecule has 4 aromatic carbocycles. The van der Waals surface area contributed by atoms with E-state index >= 15 is 0 Å². The number of benzene rings is 4. The van der Waals surface area contributed by atoms with E-state index in [9.17, 15) is 0 Å². The molecule has 0 saturated heterocycles. The lowest BCUT2D eigenvalue weighted by atomic mass is 9.67. The summed E-state index contributed by atoms with van der Waals surface area (Å²) < 4.78 is -0.0216. The maximum Gasteiger partial charge on any atom is 0.192 e. The van der Waals surface area contributed by atoms with Crippen molar-refractivity contribution in [1.29, 1.82) is 0 Å². The third-order valence-corrected chi connectivity index (χ3v) is 11.1. The van der Waals surface area contributed by atoms with Crippen LogP contribution < -0.4 is 0 Å². The molecule has 0 unspecified atom stereocenters. The van der Waals surface area contributed by atoms with Crippen LogP contribution in [-0.2, 0) is 11.8 Å². The Bertz CT molecular complexity index is 1840. The van der Waals surface area contributed by atoms with Crippen molar-refractivity contribution in [3.63, 3.8) is 0 Å². The average Bonchev–Trinajstić information content (AvgIpc) is 3.31. The summed E-state index contributed by atoms with van der Waals surface area (Å²) in [7, 11) is 0. The van der Waals surface area contributed by atoms with Gasteiger partial charge in [0.25, 0.3) is 0 Å². The SMILES string of the molecule is CCCCCCc1ccc(C2(c3ccc(-c4nc(SC(C)(C)C)nc(SC(C)(C)C)n4)cc3)c3cc(C)ccc3-c3ccc(C)cc32)cc1. The van der Waals surface area contributed by atoms with E-state index in [1.165, 1.54) is 75.8 Å². The van der Waals surface area contributed by atoms with Gasteiger partial charge in [0.2, 0.25) is 0 Å². The van der Waals surface area contributed by atoms with Crippen LogP contribution in [0.4, 0.5) is 0 Å². The number of aryl methyl sites for hydroxylation is 3. The van der Waals surface area contributed by atoms with Gasteiger partial charge in [0.15, 0.2) is 16.1 Å².